The van der Waals surface area contributed by atoms with Crippen molar-refractivity contribution in [3.63, 3.8) is 0 Å². The lowest BCUT2D eigenvalue weighted by atomic mass is 9.99. The molecule has 0 aliphatic rings. The zero-order chi connectivity index (χ0) is 82.0. The van der Waals surface area contributed by atoms with E-state index in [4.69, 9.17) is 39.9 Å². The molecule has 0 amide bonds. The maximum atomic E-state index is 5.00. The third-order valence-corrected chi connectivity index (χ3v) is 23.7. The first-order valence-electron chi connectivity index (χ1n) is 41.6. The zero-order valence-electron chi connectivity index (χ0n) is 66.9. The number of nitrogens with zero attached hydrogens (tertiary/aromatic N) is 12. The van der Waals surface area contributed by atoms with E-state index in [0.717, 1.165) is 128 Å². The molecule has 24 aromatic rings. The number of pyridine rings is 2. The number of hydrogen-bond donors (Lipinski definition) is 0. The highest BCUT2D eigenvalue weighted by molar-refractivity contribution is 6.18. The molecular formula is C112H72N12. The average Bonchev–Trinajstić information content (AvgIpc) is 1.59. The maximum Gasteiger partial charge on any atom is 0.165 e. The minimum absolute atomic E-state index is 0.570. The van der Waals surface area contributed by atoms with Crippen molar-refractivity contribution in [2.24, 2.45) is 0 Å². The lowest BCUT2D eigenvalue weighted by Gasteiger charge is -2.12. The summed E-state index contributed by atoms with van der Waals surface area (Å²) in [4.78, 5) is 39.4. The van der Waals surface area contributed by atoms with E-state index >= 15 is 0 Å². The van der Waals surface area contributed by atoms with Crippen LogP contribution in [0.3, 0.4) is 0 Å². The third-order valence-electron chi connectivity index (χ3n) is 23.7. The summed E-state index contributed by atoms with van der Waals surface area (Å²) < 4.78 is 9.51. The van der Waals surface area contributed by atoms with E-state index < -0.39 is 0 Å². The molecule has 0 aliphatic heterocycles. The molecule has 12 heteroatoms. The molecule has 0 unspecified atom stereocenters. The molecule has 0 bridgehead atoms. The van der Waals surface area contributed by atoms with Crippen molar-refractivity contribution in [3.05, 3.63) is 437 Å². The van der Waals surface area contributed by atoms with Crippen molar-refractivity contribution in [3.8, 4) is 136 Å². The lowest BCUT2D eigenvalue weighted by Crippen LogP contribution is -2.00. The monoisotopic (exact) mass is 1580 g/mol. The Hall–Kier alpha value is -17.0. The largest absolute Gasteiger partial charge is 0.309 e. The van der Waals surface area contributed by atoms with Crippen LogP contribution in [0.25, 0.3) is 223 Å². The van der Waals surface area contributed by atoms with Gasteiger partial charge < -0.3 is 18.3 Å². The smallest absolute Gasteiger partial charge is 0.165 e. The number of benzene rings is 16. The van der Waals surface area contributed by atoms with Gasteiger partial charge in [0.1, 0.15) is 0 Å². The number of rotatable bonds is 14. The molecule has 0 radical (unpaired) electrons. The van der Waals surface area contributed by atoms with Crippen LogP contribution in [-0.4, -0.2) is 58.1 Å². The minimum atomic E-state index is 0.570. The van der Waals surface area contributed by atoms with E-state index in [1.807, 2.05) is 146 Å². The summed E-state index contributed by atoms with van der Waals surface area (Å²) in [6.07, 6.45) is 7.56. The SMILES string of the molecule is c1ccc(-c2nc(-c3ccccc3)nc(-c3cncc(-c4cccc5c4c4ccccc4n5-c4cccc(-c5ccc6c(c5)c5ccccc5n6-c5ccccc5)c4)c3)n2)cc1.c1ccc(-c2nc(-c3ccccc3)nc(-c3cncc(-c4cccc5c4c4ccccc4n5-c4cccc(-c5ccc6c7ccccc7n(-c7ccccc7)c6c5)c4)c3)n2)cc1. The molecular weight excluding hydrogens is 1510 g/mol. The molecule has 12 nitrogen and oxygen atoms in total. The van der Waals surface area contributed by atoms with Gasteiger partial charge in [0.05, 0.1) is 44.1 Å². The molecule has 0 N–H and O–H groups in total. The van der Waals surface area contributed by atoms with E-state index in [9.17, 15) is 0 Å². The lowest BCUT2D eigenvalue weighted by molar-refractivity contribution is 1.07. The van der Waals surface area contributed by atoms with Gasteiger partial charge in [-0.1, -0.05) is 297 Å². The Morgan fingerprint density at radius 1 is 0.145 bits per heavy atom. The third kappa shape index (κ3) is 12.9. The first-order chi connectivity index (χ1) is 61.5. The van der Waals surface area contributed by atoms with Gasteiger partial charge in [-0.25, -0.2) is 29.9 Å². The molecule has 8 heterocycles. The highest BCUT2D eigenvalue weighted by Crippen LogP contribution is 2.45. The molecule has 580 valence electrons. The van der Waals surface area contributed by atoms with Crippen LogP contribution in [0, 0.1) is 0 Å². The Bertz CT molecular complexity index is 8100. The van der Waals surface area contributed by atoms with Crippen LogP contribution in [0.1, 0.15) is 0 Å². The number of hydrogen-bond acceptors (Lipinski definition) is 8. The molecule has 0 saturated heterocycles. The highest BCUT2D eigenvalue weighted by atomic mass is 15.1. The van der Waals surface area contributed by atoms with Gasteiger partial charge in [-0.2, -0.15) is 0 Å². The summed E-state index contributed by atoms with van der Waals surface area (Å²) in [5, 5.41) is 9.61. The second kappa shape index (κ2) is 30.8. The van der Waals surface area contributed by atoms with Gasteiger partial charge in [-0.05, 0) is 149 Å². The van der Waals surface area contributed by atoms with E-state index in [0.29, 0.717) is 34.9 Å². The molecule has 0 fully saturated rings. The Balaban J connectivity index is 0.000000143. The fourth-order valence-electron chi connectivity index (χ4n) is 18.0. The molecule has 0 saturated carbocycles. The Labute approximate surface area is 713 Å². The second-order valence-corrected chi connectivity index (χ2v) is 31.0. The molecule has 124 heavy (non-hydrogen) atoms. The zero-order valence-corrected chi connectivity index (χ0v) is 66.9. The normalized spacial score (nSPS) is 11.5. The summed E-state index contributed by atoms with van der Waals surface area (Å²) in [6, 6.07) is 145. The van der Waals surface area contributed by atoms with E-state index in [1.54, 1.807) is 0 Å². The molecule has 0 atom stereocenters. The van der Waals surface area contributed by atoms with Gasteiger partial charge in [0.15, 0.2) is 34.9 Å². The van der Waals surface area contributed by atoms with E-state index in [1.165, 1.54) is 59.9 Å². The number of para-hydroxylation sites is 6. The van der Waals surface area contributed by atoms with Crippen molar-refractivity contribution in [2.45, 2.75) is 0 Å². The van der Waals surface area contributed by atoms with Crippen molar-refractivity contribution < 1.29 is 0 Å². The second-order valence-electron chi connectivity index (χ2n) is 31.0. The summed E-state index contributed by atoms with van der Waals surface area (Å²) in [6.45, 7) is 0. The first-order valence-corrected chi connectivity index (χ1v) is 41.6. The first kappa shape index (κ1) is 72.3. The fraction of sp³-hybridized carbons (Fsp3) is 0. The van der Waals surface area contributed by atoms with Gasteiger partial charge in [0.2, 0.25) is 0 Å². The Kier molecular flexibility index (Phi) is 17.9. The molecule has 24 rings (SSSR count). The average molecular weight is 1590 g/mol. The molecule has 0 aliphatic carbocycles. The highest BCUT2D eigenvalue weighted by Gasteiger charge is 2.24. The van der Waals surface area contributed by atoms with Crippen LogP contribution in [0.15, 0.2) is 437 Å². The number of fused-ring (bicyclic) bond motifs is 12. The van der Waals surface area contributed by atoms with Gasteiger partial charge >= 0.3 is 0 Å². The molecule has 0 spiro atoms. The predicted octanol–water partition coefficient (Wildman–Crippen LogP) is 27.6. The van der Waals surface area contributed by atoms with Crippen molar-refractivity contribution in [1.82, 2.24) is 58.1 Å². The summed E-state index contributed by atoms with van der Waals surface area (Å²) in [5.74, 6) is 3.61. The quantitative estimate of drug-likeness (QED) is 0.105. The fourth-order valence-corrected chi connectivity index (χ4v) is 18.0. The van der Waals surface area contributed by atoms with Crippen molar-refractivity contribution in [1.29, 1.82) is 0 Å². The Morgan fingerprint density at radius 3 is 0.847 bits per heavy atom. The van der Waals surface area contributed by atoms with Crippen LogP contribution in [0.5, 0.6) is 0 Å². The van der Waals surface area contributed by atoms with Gasteiger partial charge in [0.25, 0.3) is 0 Å². The van der Waals surface area contributed by atoms with Crippen molar-refractivity contribution in [2.75, 3.05) is 0 Å². The standard InChI is InChI=1S/2C56H36N6/c1-4-16-37(17-5-1)54-58-55(38-18-6-2-7-19-38)60-56(59-54)42-32-41(35-57-36-42)45-26-15-29-51-53(45)48-25-11-13-28-50(48)62(51)44-23-14-20-39(33-44)40-30-31-47-46-24-10-12-27-49(46)61(52(47)34-40)43-21-8-3-9-22-43;1-4-16-37(17-5-1)54-58-55(38-18-6-2-7-19-38)60-56(59-54)42-32-41(35-57-36-42)45-26-15-29-52-53(45)47-25-11-13-28-50(47)62(52)44-23-14-20-39(33-44)40-30-31-51-48(34-40)46-24-10-12-27-49(46)61(51)43-21-8-3-9-22-43/h2*1-36H. The van der Waals surface area contributed by atoms with Gasteiger partial charge in [-0.3, -0.25) is 9.97 Å². The van der Waals surface area contributed by atoms with Crippen molar-refractivity contribution >= 4 is 87.2 Å². The molecule has 8 aromatic heterocycles. The summed E-state index contributed by atoms with van der Waals surface area (Å²) >= 11 is 0. The predicted molar refractivity (Wildman–Crippen MR) is 507 cm³/mol. The van der Waals surface area contributed by atoms with Crippen LogP contribution < -0.4 is 0 Å². The van der Waals surface area contributed by atoms with Gasteiger partial charge in [0, 0.05) is 135 Å². The minimum Gasteiger partial charge on any atom is -0.309 e. The summed E-state index contributed by atoms with van der Waals surface area (Å²) in [7, 11) is 0. The van der Waals surface area contributed by atoms with Crippen LogP contribution >= 0.6 is 0 Å². The van der Waals surface area contributed by atoms with Crippen LogP contribution in [-0.2, 0) is 0 Å². The van der Waals surface area contributed by atoms with E-state index in [2.05, 4.69) is 309 Å². The molecule has 16 aromatic carbocycles. The van der Waals surface area contributed by atoms with Gasteiger partial charge in [-0.15, -0.1) is 0 Å². The van der Waals surface area contributed by atoms with Crippen LogP contribution in [0.2, 0.25) is 0 Å². The maximum absolute atomic E-state index is 5.00. The number of aromatic nitrogens is 12. The van der Waals surface area contributed by atoms with Crippen LogP contribution in [0.4, 0.5) is 0 Å². The Morgan fingerprint density at radius 2 is 0.419 bits per heavy atom. The van der Waals surface area contributed by atoms with E-state index in [-0.39, 0.29) is 0 Å². The topological polar surface area (TPSA) is 123 Å². The summed E-state index contributed by atoms with van der Waals surface area (Å²) in [5.41, 5.74) is 27.9.